The summed E-state index contributed by atoms with van der Waals surface area (Å²) in [6.07, 6.45) is 5.05. The van der Waals surface area contributed by atoms with Crippen LogP contribution in [0.25, 0.3) is 5.69 Å². The van der Waals surface area contributed by atoms with Crippen LogP contribution in [0.15, 0.2) is 58.1 Å². The fourth-order valence-electron chi connectivity index (χ4n) is 3.41. The first-order chi connectivity index (χ1) is 12.8. The van der Waals surface area contributed by atoms with Crippen molar-refractivity contribution in [3.05, 3.63) is 71.4 Å². The highest BCUT2D eigenvalue weighted by molar-refractivity contribution is 5.79. The highest BCUT2D eigenvalue weighted by atomic mass is 16.3. The molecule has 6 nitrogen and oxygen atoms in total. The maximum Gasteiger partial charge on any atom is 0.191 e. The third-order valence-electron chi connectivity index (χ3n) is 4.67. The topological polar surface area (TPSA) is 67.4 Å². The van der Waals surface area contributed by atoms with E-state index in [1.807, 2.05) is 18.2 Å². The molecule has 0 spiro atoms. The molecule has 6 heteroatoms. The van der Waals surface area contributed by atoms with E-state index in [4.69, 9.17) is 9.52 Å². The minimum Gasteiger partial charge on any atom is -0.467 e. The first-order valence-corrected chi connectivity index (χ1v) is 8.97. The summed E-state index contributed by atoms with van der Waals surface area (Å²) >= 11 is 0. The average molecular weight is 349 g/mol. The van der Waals surface area contributed by atoms with E-state index in [-0.39, 0.29) is 0 Å². The third-order valence-corrected chi connectivity index (χ3v) is 4.67. The molecule has 4 rings (SSSR count). The summed E-state index contributed by atoms with van der Waals surface area (Å²) < 4.78 is 7.44. The number of hydrogen-bond acceptors (Lipinski definition) is 3. The van der Waals surface area contributed by atoms with Gasteiger partial charge in [-0.3, -0.25) is 4.99 Å². The van der Waals surface area contributed by atoms with E-state index in [0.717, 1.165) is 35.9 Å². The Morgan fingerprint density at radius 1 is 1.12 bits per heavy atom. The number of fused-ring (bicyclic) bond motifs is 1. The van der Waals surface area contributed by atoms with Gasteiger partial charge in [-0.15, -0.1) is 0 Å². The summed E-state index contributed by atoms with van der Waals surface area (Å²) in [5, 5.41) is 11.5. The second-order valence-electron chi connectivity index (χ2n) is 6.33. The van der Waals surface area contributed by atoms with Crippen LogP contribution >= 0.6 is 0 Å². The molecule has 0 bridgehead atoms. The Morgan fingerprint density at radius 3 is 2.73 bits per heavy atom. The van der Waals surface area contributed by atoms with Crippen LogP contribution in [0.3, 0.4) is 0 Å². The molecule has 0 amide bonds. The van der Waals surface area contributed by atoms with Crippen LogP contribution in [0, 0.1) is 0 Å². The number of nitrogens with one attached hydrogen (secondary N) is 2. The van der Waals surface area contributed by atoms with Crippen LogP contribution in [-0.4, -0.2) is 22.8 Å². The molecule has 0 saturated carbocycles. The highest BCUT2D eigenvalue weighted by Crippen LogP contribution is 2.27. The molecule has 0 unspecified atom stereocenters. The molecule has 2 aromatic heterocycles. The number of hydrogen-bond donors (Lipinski definition) is 2. The molecule has 1 aromatic carbocycles. The number of aromatic nitrogens is 2. The molecule has 3 aromatic rings. The average Bonchev–Trinajstić information content (AvgIpc) is 3.41. The lowest BCUT2D eigenvalue weighted by molar-refractivity contribution is 0.501. The fraction of sp³-hybridized carbons (Fsp3) is 0.300. The summed E-state index contributed by atoms with van der Waals surface area (Å²) in [5.41, 5.74) is 4.94. The van der Waals surface area contributed by atoms with Gasteiger partial charge >= 0.3 is 0 Å². The Bertz CT molecular complexity index is 881. The van der Waals surface area contributed by atoms with E-state index in [9.17, 15) is 0 Å². The molecule has 0 aliphatic heterocycles. The minimum atomic E-state index is 0.600. The van der Waals surface area contributed by atoms with Crippen molar-refractivity contribution in [2.75, 3.05) is 7.05 Å². The molecule has 0 saturated heterocycles. The minimum absolute atomic E-state index is 0.600. The first kappa shape index (κ1) is 16.4. The van der Waals surface area contributed by atoms with E-state index in [2.05, 4.69) is 44.6 Å². The van der Waals surface area contributed by atoms with Crippen LogP contribution < -0.4 is 10.6 Å². The smallest absolute Gasteiger partial charge is 0.191 e. The summed E-state index contributed by atoms with van der Waals surface area (Å²) in [4.78, 5) is 4.28. The van der Waals surface area contributed by atoms with Crippen LogP contribution in [0.2, 0.25) is 0 Å². The Balaban J connectivity index is 1.46. The van der Waals surface area contributed by atoms with E-state index < -0.39 is 0 Å². The number of rotatable bonds is 5. The zero-order valence-electron chi connectivity index (χ0n) is 14.9. The van der Waals surface area contributed by atoms with Crippen molar-refractivity contribution < 1.29 is 4.42 Å². The molecule has 0 radical (unpaired) electrons. The second kappa shape index (κ2) is 7.47. The van der Waals surface area contributed by atoms with Crippen molar-refractivity contribution in [1.29, 1.82) is 0 Å². The zero-order chi connectivity index (χ0) is 17.8. The molecule has 1 aliphatic rings. The molecule has 2 heterocycles. The van der Waals surface area contributed by atoms with Gasteiger partial charge in [-0.25, -0.2) is 4.68 Å². The summed E-state index contributed by atoms with van der Waals surface area (Å²) in [6.45, 7) is 1.25. The molecule has 1 aliphatic carbocycles. The number of guanidine groups is 1. The Kier molecular flexibility index (Phi) is 4.73. The van der Waals surface area contributed by atoms with E-state index >= 15 is 0 Å². The van der Waals surface area contributed by atoms with Crippen LogP contribution in [0.4, 0.5) is 0 Å². The van der Waals surface area contributed by atoms with Crippen molar-refractivity contribution in [3.63, 3.8) is 0 Å². The van der Waals surface area contributed by atoms with Crippen molar-refractivity contribution >= 4 is 5.96 Å². The van der Waals surface area contributed by atoms with E-state index in [1.165, 1.54) is 17.7 Å². The maximum absolute atomic E-state index is 5.34. The molecule has 2 N–H and O–H groups in total. The van der Waals surface area contributed by atoms with Gasteiger partial charge in [-0.1, -0.05) is 18.2 Å². The zero-order valence-corrected chi connectivity index (χ0v) is 14.9. The van der Waals surface area contributed by atoms with Crippen LogP contribution in [0.5, 0.6) is 0 Å². The molecule has 26 heavy (non-hydrogen) atoms. The monoisotopic (exact) mass is 349 g/mol. The standard InChI is InChI=1S/C20H23N5O/c1-21-20(22-13-16-9-6-12-26-16)23-14-18-17-10-5-11-19(17)25(24-18)15-7-3-2-4-8-15/h2-4,6-9,12H,5,10-11,13-14H2,1H3,(H2,21,22,23). The lowest BCUT2D eigenvalue weighted by Gasteiger charge is -2.10. The van der Waals surface area contributed by atoms with Crippen molar-refractivity contribution in [1.82, 2.24) is 20.4 Å². The van der Waals surface area contributed by atoms with Gasteiger partial charge in [-0.2, -0.15) is 5.10 Å². The summed E-state index contributed by atoms with van der Waals surface area (Å²) in [7, 11) is 1.77. The lowest BCUT2D eigenvalue weighted by atomic mass is 10.2. The second-order valence-corrected chi connectivity index (χ2v) is 6.33. The van der Waals surface area contributed by atoms with Crippen LogP contribution in [-0.2, 0) is 25.9 Å². The van der Waals surface area contributed by atoms with Gasteiger partial charge in [0.2, 0.25) is 0 Å². The summed E-state index contributed by atoms with van der Waals surface area (Å²) in [5.74, 6) is 1.62. The number of furan rings is 1. The van der Waals surface area contributed by atoms with Gasteiger partial charge in [0.05, 0.1) is 30.7 Å². The molecular formula is C20H23N5O. The number of aliphatic imine (C=N–C) groups is 1. The van der Waals surface area contributed by atoms with Gasteiger partial charge in [0.15, 0.2) is 5.96 Å². The van der Waals surface area contributed by atoms with Gasteiger partial charge in [-0.05, 0) is 49.1 Å². The van der Waals surface area contributed by atoms with E-state index in [0.29, 0.717) is 13.1 Å². The number of nitrogens with zero attached hydrogens (tertiary/aromatic N) is 3. The molecular weight excluding hydrogens is 326 g/mol. The quantitative estimate of drug-likeness (QED) is 0.549. The molecule has 0 atom stereocenters. The van der Waals surface area contributed by atoms with Gasteiger partial charge < -0.3 is 15.1 Å². The number of benzene rings is 1. The van der Waals surface area contributed by atoms with Crippen molar-refractivity contribution in [2.45, 2.75) is 32.4 Å². The molecule has 134 valence electrons. The van der Waals surface area contributed by atoms with Gasteiger partial charge in [0.1, 0.15) is 5.76 Å². The lowest BCUT2D eigenvalue weighted by Crippen LogP contribution is -2.36. The van der Waals surface area contributed by atoms with Gasteiger partial charge in [0, 0.05) is 12.7 Å². The Morgan fingerprint density at radius 2 is 1.96 bits per heavy atom. The predicted octanol–water partition coefficient (Wildman–Crippen LogP) is 2.82. The summed E-state index contributed by atoms with van der Waals surface area (Å²) in [6, 6.07) is 14.2. The fourth-order valence-corrected chi connectivity index (χ4v) is 3.41. The Labute approximate surface area is 152 Å². The third kappa shape index (κ3) is 3.35. The normalized spacial score (nSPS) is 13.7. The predicted molar refractivity (Wildman–Crippen MR) is 101 cm³/mol. The first-order valence-electron chi connectivity index (χ1n) is 8.97. The molecule has 0 fully saturated rings. The number of para-hydroxylation sites is 1. The van der Waals surface area contributed by atoms with Crippen molar-refractivity contribution in [3.8, 4) is 5.69 Å². The highest BCUT2D eigenvalue weighted by Gasteiger charge is 2.23. The SMILES string of the molecule is CN=C(NCc1ccco1)NCc1nn(-c2ccccc2)c2c1CCC2. The van der Waals surface area contributed by atoms with E-state index in [1.54, 1.807) is 13.3 Å². The van der Waals surface area contributed by atoms with Crippen molar-refractivity contribution in [2.24, 2.45) is 4.99 Å². The van der Waals surface area contributed by atoms with Crippen LogP contribution in [0.1, 0.15) is 29.1 Å². The van der Waals surface area contributed by atoms with Gasteiger partial charge in [0.25, 0.3) is 0 Å². The maximum atomic E-state index is 5.34. The largest absolute Gasteiger partial charge is 0.467 e. The Hall–Kier alpha value is -3.02.